The first-order chi connectivity index (χ1) is 9.24. The number of nitrogens with one attached hydrogen (secondary N) is 1. The Kier molecular flexibility index (Phi) is 5.24. The number of piperazine rings is 1. The van der Waals surface area contributed by atoms with Crippen LogP contribution in [0.5, 0.6) is 0 Å². The summed E-state index contributed by atoms with van der Waals surface area (Å²) in [7, 11) is 0. The SMILES string of the molecule is OCCC[C@H](c1c(F)cccc1F)N1CCNCC1. The van der Waals surface area contributed by atoms with E-state index in [-0.39, 0.29) is 18.2 Å². The van der Waals surface area contributed by atoms with Crippen LogP contribution in [0.2, 0.25) is 0 Å². The molecule has 0 spiro atoms. The quantitative estimate of drug-likeness (QED) is 0.854. The third-order valence-corrected chi connectivity index (χ3v) is 3.56. The minimum absolute atomic E-state index is 0.0403. The first-order valence-electron chi connectivity index (χ1n) is 6.73. The van der Waals surface area contributed by atoms with E-state index in [1.165, 1.54) is 18.2 Å². The Morgan fingerprint density at radius 1 is 1.21 bits per heavy atom. The molecule has 1 aromatic rings. The number of aliphatic hydroxyl groups excluding tert-OH is 1. The van der Waals surface area contributed by atoms with Gasteiger partial charge in [-0.1, -0.05) is 6.07 Å². The summed E-state index contributed by atoms with van der Waals surface area (Å²) in [6.45, 7) is 3.23. The Balaban J connectivity index is 2.25. The molecule has 106 valence electrons. The van der Waals surface area contributed by atoms with Crippen LogP contribution in [0, 0.1) is 11.6 Å². The molecule has 19 heavy (non-hydrogen) atoms. The molecule has 0 saturated carbocycles. The van der Waals surface area contributed by atoms with Crippen LogP contribution in [0.1, 0.15) is 24.4 Å². The third-order valence-electron chi connectivity index (χ3n) is 3.56. The van der Waals surface area contributed by atoms with Gasteiger partial charge in [-0.15, -0.1) is 0 Å². The molecule has 2 N–H and O–H groups in total. The lowest BCUT2D eigenvalue weighted by Crippen LogP contribution is -2.45. The standard InChI is InChI=1S/C14H20F2N2O/c15-11-3-1-4-12(16)14(11)13(5-2-10-19)18-8-6-17-7-9-18/h1,3-4,13,17,19H,2,5-10H2/t13-/m1/s1. The average Bonchev–Trinajstić information content (AvgIpc) is 2.43. The van der Waals surface area contributed by atoms with Crippen LogP contribution in [-0.2, 0) is 0 Å². The van der Waals surface area contributed by atoms with Gasteiger partial charge in [-0.25, -0.2) is 8.78 Å². The predicted octanol–water partition coefficient (Wildman–Crippen LogP) is 1.68. The lowest BCUT2D eigenvalue weighted by Gasteiger charge is -2.35. The molecule has 1 saturated heterocycles. The smallest absolute Gasteiger partial charge is 0.130 e. The number of rotatable bonds is 5. The van der Waals surface area contributed by atoms with Gasteiger partial charge in [-0.2, -0.15) is 0 Å². The monoisotopic (exact) mass is 270 g/mol. The Morgan fingerprint density at radius 3 is 2.42 bits per heavy atom. The summed E-state index contributed by atoms with van der Waals surface area (Å²) < 4.78 is 27.9. The van der Waals surface area contributed by atoms with Crippen molar-refractivity contribution in [3.8, 4) is 0 Å². The van der Waals surface area contributed by atoms with E-state index >= 15 is 0 Å². The zero-order valence-corrected chi connectivity index (χ0v) is 10.9. The molecule has 0 unspecified atom stereocenters. The van der Waals surface area contributed by atoms with Crippen molar-refractivity contribution in [2.24, 2.45) is 0 Å². The summed E-state index contributed by atoms with van der Waals surface area (Å²) in [6.07, 6.45) is 1.11. The zero-order valence-electron chi connectivity index (χ0n) is 10.9. The summed E-state index contributed by atoms with van der Waals surface area (Å²) in [5, 5.41) is 12.2. The van der Waals surface area contributed by atoms with Gasteiger partial charge >= 0.3 is 0 Å². The lowest BCUT2D eigenvalue weighted by molar-refractivity contribution is 0.148. The number of halogens is 2. The minimum Gasteiger partial charge on any atom is -0.396 e. The van der Waals surface area contributed by atoms with E-state index in [1.807, 2.05) is 0 Å². The summed E-state index contributed by atoms with van der Waals surface area (Å²) in [6, 6.07) is 3.68. The van der Waals surface area contributed by atoms with Crippen molar-refractivity contribution in [2.45, 2.75) is 18.9 Å². The van der Waals surface area contributed by atoms with Gasteiger partial charge in [0.15, 0.2) is 0 Å². The van der Waals surface area contributed by atoms with E-state index in [1.54, 1.807) is 0 Å². The minimum atomic E-state index is -0.499. The number of aliphatic hydroxyl groups is 1. The Labute approximate surface area is 112 Å². The molecule has 3 nitrogen and oxygen atoms in total. The van der Waals surface area contributed by atoms with E-state index < -0.39 is 11.6 Å². The van der Waals surface area contributed by atoms with Gasteiger partial charge in [0.25, 0.3) is 0 Å². The van der Waals surface area contributed by atoms with Crippen LogP contribution in [0.25, 0.3) is 0 Å². The molecular formula is C14H20F2N2O. The maximum absolute atomic E-state index is 13.9. The summed E-state index contributed by atoms with van der Waals surface area (Å²) in [5.41, 5.74) is 0.137. The van der Waals surface area contributed by atoms with Crippen molar-refractivity contribution in [3.63, 3.8) is 0 Å². The largest absolute Gasteiger partial charge is 0.396 e. The van der Waals surface area contributed by atoms with Gasteiger partial charge in [0.05, 0.1) is 0 Å². The maximum Gasteiger partial charge on any atom is 0.130 e. The third kappa shape index (κ3) is 3.49. The average molecular weight is 270 g/mol. The Morgan fingerprint density at radius 2 is 1.84 bits per heavy atom. The van der Waals surface area contributed by atoms with Crippen LogP contribution < -0.4 is 5.32 Å². The molecule has 1 fully saturated rings. The molecule has 1 aliphatic heterocycles. The molecule has 1 heterocycles. The van der Waals surface area contributed by atoms with Gasteiger partial charge in [0, 0.05) is 44.4 Å². The first kappa shape index (κ1) is 14.4. The lowest BCUT2D eigenvalue weighted by atomic mass is 9.98. The maximum atomic E-state index is 13.9. The van der Waals surface area contributed by atoms with E-state index in [2.05, 4.69) is 10.2 Å². The van der Waals surface area contributed by atoms with Gasteiger partial charge in [0.2, 0.25) is 0 Å². The predicted molar refractivity (Wildman–Crippen MR) is 69.9 cm³/mol. The highest BCUT2D eigenvalue weighted by Gasteiger charge is 2.26. The normalized spacial score (nSPS) is 18.5. The van der Waals surface area contributed by atoms with Crippen LogP contribution in [-0.4, -0.2) is 42.8 Å². The van der Waals surface area contributed by atoms with Gasteiger partial charge in [-0.3, -0.25) is 4.90 Å². The highest BCUT2D eigenvalue weighted by Crippen LogP contribution is 2.30. The van der Waals surface area contributed by atoms with Crippen molar-refractivity contribution >= 4 is 0 Å². The second-order valence-corrected chi connectivity index (χ2v) is 4.80. The topological polar surface area (TPSA) is 35.5 Å². The van der Waals surface area contributed by atoms with Crippen molar-refractivity contribution in [1.82, 2.24) is 10.2 Å². The fraction of sp³-hybridized carbons (Fsp3) is 0.571. The molecule has 2 rings (SSSR count). The van der Waals surface area contributed by atoms with Gasteiger partial charge in [0.1, 0.15) is 11.6 Å². The first-order valence-corrected chi connectivity index (χ1v) is 6.73. The van der Waals surface area contributed by atoms with E-state index in [0.717, 1.165) is 26.2 Å². The molecule has 1 aliphatic rings. The fourth-order valence-corrected chi connectivity index (χ4v) is 2.62. The molecule has 1 aromatic carbocycles. The van der Waals surface area contributed by atoms with Crippen molar-refractivity contribution < 1.29 is 13.9 Å². The van der Waals surface area contributed by atoms with E-state index in [4.69, 9.17) is 5.11 Å². The molecule has 0 radical (unpaired) electrons. The van der Waals surface area contributed by atoms with Crippen LogP contribution >= 0.6 is 0 Å². The summed E-state index contributed by atoms with van der Waals surface area (Å²) in [5.74, 6) is -0.997. The Hall–Kier alpha value is -1.04. The molecular weight excluding hydrogens is 250 g/mol. The van der Waals surface area contributed by atoms with Crippen LogP contribution in [0.4, 0.5) is 8.78 Å². The molecule has 0 aromatic heterocycles. The van der Waals surface area contributed by atoms with Crippen LogP contribution in [0.15, 0.2) is 18.2 Å². The highest BCUT2D eigenvalue weighted by molar-refractivity contribution is 5.23. The number of hydrogen-bond acceptors (Lipinski definition) is 3. The van der Waals surface area contributed by atoms with Crippen LogP contribution in [0.3, 0.4) is 0 Å². The van der Waals surface area contributed by atoms with Crippen molar-refractivity contribution in [2.75, 3.05) is 32.8 Å². The van der Waals surface area contributed by atoms with Gasteiger partial charge in [-0.05, 0) is 25.0 Å². The van der Waals surface area contributed by atoms with E-state index in [9.17, 15) is 8.78 Å². The number of hydrogen-bond donors (Lipinski definition) is 2. The summed E-state index contributed by atoms with van der Waals surface area (Å²) >= 11 is 0. The molecule has 0 amide bonds. The van der Waals surface area contributed by atoms with Crippen molar-refractivity contribution in [1.29, 1.82) is 0 Å². The van der Waals surface area contributed by atoms with Gasteiger partial charge < -0.3 is 10.4 Å². The Bertz CT molecular complexity index is 388. The zero-order chi connectivity index (χ0) is 13.7. The highest BCUT2D eigenvalue weighted by atomic mass is 19.1. The molecule has 1 atom stereocenters. The fourth-order valence-electron chi connectivity index (χ4n) is 2.62. The van der Waals surface area contributed by atoms with E-state index in [0.29, 0.717) is 12.8 Å². The number of nitrogens with zero attached hydrogens (tertiary/aromatic N) is 1. The molecule has 0 aliphatic carbocycles. The second kappa shape index (κ2) is 6.93. The molecule has 5 heteroatoms. The van der Waals surface area contributed by atoms with Crippen molar-refractivity contribution in [3.05, 3.63) is 35.4 Å². The summed E-state index contributed by atoms with van der Waals surface area (Å²) in [4.78, 5) is 2.09. The molecule has 0 bridgehead atoms. The number of benzene rings is 1. The second-order valence-electron chi connectivity index (χ2n) is 4.80.